The Morgan fingerprint density at radius 2 is 1.81 bits per heavy atom. The Labute approximate surface area is 188 Å². The second kappa shape index (κ2) is 8.72. The molecule has 31 heavy (non-hydrogen) atoms. The highest BCUT2D eigenvalue weighted by Gasteiger charge is 2.18. The average molecular weight is 461 g/mol. The lowest BCUT2D eigenvalue weighted by molar-refractivity contribution is 0.555. The number of aryl methyl sites for hydroxylation is 1. The third-order valence-electron chi connectivity index (χ3n) is 5.00. The first kappa shape index (κ1) is 21.4. The normalized spacial score (nSPS) is 11.5. The Morgan fingerprint density at radius 1 is 1.06 bits per heavy atom. The molecule has 0 spiro atoms. The van der Waals surface area contributed by atoms with Crippen LogP contribution in [-0.4, -0.2) is 28.9 Å². The van der Waals surface area contributed by atoms with Gasteiger partial charge in [-0.2, -0.15) is 5.10 Å². The second-order valence-corrected chi connectivity index (χ2v) is 8.18. The van der Waals surface area contributed by atoms with E-state index in [0.29, 0.717) is 58.7 Å². The molecule has 0 saturated heterocycles. The van der Waals surface area contributed by atoms with Gasteiger partial charge in [0.25, 0.3) is 5.56 Å². The van der Waals surface area contributed by atoms with E-state index in [-0.39, 0.29) is 11.2 Å². The zero-order valence-electron chi connectivity index (χ0n) is 17.2. The maximum absolute atomic E-state index is 12.9. The lowest BCUT2D eigenvalue weighted by Gasteiger charge is -2.09. The molecule has 10 heteroatoms. The van der Waals surface area contributed by atoms with Crippen LogP contribution in [0, 0.1) is 0 Å². The van der Waals surface area contributed by atoms with E-state index in [2.05, 4.69) is 15.1 Å². The van der Waals surface area contributed by atoms with E-state index in [4.69, 9.17) is 23.2 Å². The molecule has 8 nitrogen and oxygen atoms in total. The number of nitrogens with one attached hydrogen (secondary N) is 1. The molecule has 0 unspecified atom stereocenters. The van der Waals surface area contributed by atoms with Crippen molar-refractivity contribution in [2.24, 2.45) is 0 Å². The Kier molecular flexibility index (Phi) is 6.02. The molecule has 0 aliphatic carbocycles. The maximum atomic E-state index is 12.9. The molecule has 0 amide bonds. The van der Waals surface area contributed by atoms with E-state index in [0.717, 1.165) is 12.0 Å². The SMILES string of the molecule is CCCn1c(=O)c2[nH]c(-c3cnn(Cc4cc(Cl)ccc4Cl)c3)nc2n(CCC)c1=O. The van der Waals surface area contributed by atoms with Gasteiger partial charge >= 0.3 is 5.69 Å². The van der Waals surface area contributed by atoms with E-state index in [1.54, 1.807) is 33.6 Å². The molecule has 0 fully saturated rings. The van der Waals surface area contributed by atoms with E-state index in [9.17, 15) is 9.59 Å². The van der Waals surface area contributed by atoms with Gasteiger partial charge < -0.3 is 4.98 Å². The molecule has 0 bridgehead atoms. The Morgan fingerprint density at radius 3 is 2.55 bits per heavy atom. The summed E-state index contributed by atoms with van der Waals surface area (Å²) >= 11 is 12.3. The minimum Gasteiger partial charge on any atom is -0.332 e. The smallest absolute Gasteiger partial charge is 0.332 e. The predicted molar refractivity (Wildman–Crippen MR) is 122 cm³/mol. The number of nitrogens with zero attached hydrogens (tertiary/aromatic N) is 5. The Hall–Kier alpha value is -2.84. The van der Waals surface area contributed by atoms with Crippen molar-refractivity contribution < 1.29 is 0 Å². The molecular weight excluding hydrogens is 439 g/mol. The van der Waals surface area contributed by atoms with Gasteiger partial charge in [-0.1, -0.05) is 37.0 Å². The van der Waals surface area contributed by atoms with Crippen LogP contribution < -0.4 is 11.2 Å². The van der Waals surface area contributed by atoms with Crippen molar-refractivity contribution in [3.8, 4) is 11.4 Å². The molecule has 0 aliphatic rings. The number of fused-ring (bicyclic) bond motifs is 1. The summed E-state index contributed by atoms with van der Waals surface area (Å²) in [6, 6.07) is 5.28. The van der Waals surface area contributed by atoms with Gasteiger partial charge in [-0.05, 0) is 36.6 Å². The van der Waals surface area contributed by atoms with Crippen LogP contribution >= 0.6 is 23.2 Å². The monoisotopic (exact) mass is 460 g/mol. The van der Waals surface area contributed by atoms with Crippen molar-refractivity contribution in [3.05, 3.63) is 67.0 Å². The first-order valence-electron chi connectivity index (χ1n) is 10.1. The van der Waals surface area contributed by atoms with Crippen molar-refractivity contribution in [1.29, 1.82) is 0 Å². The summed E-state index contributed by atoms with van der Waals surface area (Å²) in [6.07, 6.45) is 4.90. The molecular formula is C21H22Cl2N6O2. The fourth-order valence-electron chi connectivity index (χ4n) is 3.56. The van der Waals surface area contributed by atoms with Crippen LogP contribution in [0.25, 0.3) is 22.6 Å². The number of aromatic amines is 1. The molecule has 1 N–H and O–H groups in total. The van der Waals surface area contributed by atoms with Crippen LogP contribution in [-0.2, 0) is 19.6 Å². The number of rotatable bonds is 7. The number of benzene rings is 1. The van der Waals surface area contributed by atoms with Crippen LogP contribution in [0.15, 0.2) is 40.2 Å². The zero-order chi connectivity index (χ0) is 22.1. The third kappa shape index (κ3) is 4.05. The summed E-state index contributed by atoms with van der Waals surface area (Å²) in [7, 11) is 0. The lowest BCUT2D eigenvalue weighted by Crippen LogP contribution is -2.40. The molecule has 1 aromatic carbocycles. The van der Waals surface area contributed by atoms with Crippen LogP contribution in [0.1, 0.15) is 32.3 Å². The molecule has 0 aliphatic heterocycles. The Bertz CT molecular complexity index is 1360. The summed E-state index contributed by atoms with van der Waals surface area (Å²) in [5.74, 6) is 0.481. The molecule has 162 valence electrons. The predicted octanol–water partition coefficient (Wildman–Crippen LogP) is 3.92. The number of hydrogen-bond donors (Lipinski definition) is 1. The molecule has 0 saturated carbocycles. The van der Waals surface area contributed by atoms with E-state index in [1.807, 2.05) is 20.0 Å². The van der Waals surface area contributed by atoms with Crippen LogP contribution in [0.4, 0.5) is 0 Å². The highest BCUT2D eigenvalue weighted by Crippen LogP contribution is 2.23. The lowest BCUT2D eigenvalue weighted by atomic mass is 10.2. The number of imidazole rings is 1. The van der Waals surface area contributed by atoms with Crippen molar-refractivity contribution >= 4 is 34.4 Å². The van der Waals surface area contributed by atoms with Crippen molar-refractivity contribution in [2.45, 2.75) is 46.3 Å². The topological polar surface area (TPSA) is 90.5 Å². The average Bonchev–Trinajstić information content (AvgIpc) is 3.38. The minimum atomic E-state index is -0.356. The maximum Gasteiger partial charge on any atom is 0.332 e. The number of halogens is 2. The summed E-state index contributed by atoms with van der Waals surface area (Å²) in [4.78, 5) is 33.4. The molecule has 3 aromatic heterocycles. The summed E-state index contributed by atoms with van der Waals surface area (Å²) < 4.78 is 4.54. The van der Waals surface area contributed by atoms with Gasteiger partial charge in [0, 0.05) is 29.3 Å². The summed E-state index contributed by atoms with van der Waals surface area (Å²) in [5, 5.41) is 5.58. The molecule has 0 atom stereocenters. The third-order valence-corrected chi connectivity index (χ3v) is 5.61. The fraction of sp³-hybridized carbons (Fsp3) is 0.333. The first-order valence-corrected chi connectivity index (χ1v) is 10.9. The van der Waals surface area contributed by atoms with Crippen molar-refractivity contribution in [3.63, 3.8) is 0 Å². The van der Waals surface area contributed by atoms with E-state index in [1.165, 1.54) is 4.57 Å². The minimum absolute atomic E-state index is 0.321. The molecule has 4 aromatic rings. The first-order chi connectivity index (χ1) is 14.9. The highest BCUT2D eigenvalue weighted by molar-refractivity contribution is 6.33. The van der Waals surface area contributed by atoms with Gasteiger partial charge in [0.15, 0.2) is 5.65 Å². The fourth-order valence-corrected chi connectivity index (χ4v) is 3.93. The summed E-state index contributed by atoms with van der Waals surface area (Å²) in [6.45, 7) is 5.19. The number of aromatic nitrogens is 6. The molecule has 4 rings (SSSR count). The van der Waals surface area contributed by atoms with Gasteiger partial charge in [0.05, 0.1) is 18.3 Å². The van der Waals surface area contributed by atoms with Gasteiger partial charge in [-0.15, -0.1) is 0 Å². The van der Waals surface area contributed by atoms with Gasteiger partial charge in [-0.3, -0.25) is 18.6 Å². The highest BCUT2D eigenvalue weighted by atomic mass is 35.5. The molecule has 0 radical (unpaired) electrons. The molecule has 3 heterocycles. The zero-order valence-corrected chi connectivity index (χ0v) is 18.7. The second-order valence-electron chi connectivity index (χ2n) is 7.34. The van der Waals surface area contributed by atoms with Crippen molar-refractivity contribution in [1.82, 2.24) is 28.9 Å². The van der Waals surface area contributed by atoms with Crippen LogP contribution in [0.2, 0.25) is 10.0 Å². The summed E-state index contributed by atoms with van der Waals surface area (Å²) in [5.41, 5.74) is 1.54. The van der Waals surface area contributed by atoms with Gasteiger partial charge in [-0.25, -0.2) is 9.78 Å². The Balaban J connectivity index is 1.76. The van der Waals surface area contributed by atoms with Gasteiger partial charge in [0.1, 0.15) is 11.3 Å². The van der Waals surface area contributed by atoms with Gasteiger partial charge in [0.2, 0.25) is 0 Å². The van der Waals surface area contributed by atoms with E-state index >= 15 is 0 Å². The van der Waals surface area contributed by atoms with Crippen molar-refractivity contribution in [2.75, 3.05) is 0 Å². The van der Waals surface area contributed by atoms with Crippen LogP contribution in [0.5, 0.6) is 0 Å². The standard InChI is InChI=1S/C21H22Cl2N6O2/c1-3-7-28-19-17(20(30)29(8-4-2)21(28)31)25-18(26-19)14-10-24-27(12-14)11-13-9-15(22)5-6-16(13)23/h5-6,9-10,12H,3-4,7-8,11H2,1-2H3,(H,25,26). The quantitative estimate of drug-likeness (QED) is 0.452. The number of H-pyrrole nitrogens is 1. The number of hydrogen-bond acceptors (Lipinski definition) is 4. The van der Waals surface area contributed by atoms with Crippen LogP contribution in [0.3, 0.4) is 0 Å². The largest absolute Gasteiger partial charge is 0.332 e. The van der Waals surface area contributed by atoms with E-state index < -0.39 is 0 Å².